The van der Waals surface area contributed by atoms with Gasteiger partial charge >= 0.3 is 0 Å². The van der Waals surface area contributed by atoms with Crippen LogP contribution in [0, 0.1) is 6.92 Å². The van der Waals surface area contributed by atoms with E-state index in [2.05, 4.69) is 4.98 Å². The van der Waals surface area contributed by atoms with Gasteiger partial charge in [-0.15, -0.1) is 0 Å². The molecule has 0 saturated heterocycles. The summed E-state index contributed by atoms with van der Waals surface area (Å²) in [4.78, 5) is 4.04. The molecule has 0 aliphatic carbocycles. The number of ether oxygens (including phenoxy) is 1. The van der Waals surface area contributed by atoms with E-state index in [1.54, 1.807) is 30.5 Å². The van der Waals surface area contributed by atoms with Crippen molar-refractivity contribution >= 4 is 11.5 Å². The molecule has 0 aliphatic rings. The smallest absolute Gasteiger partial charge is 0.142 e. The monoisotopic (exact) mass is 259 g/mol. The lowest BCUT2D eigenvalue weighted by atomic mass is 9.99. The molecule has 2 rings (SSSR count). The summed E-state index contributed by atoms with van der Waals surface area (Å²) in [6, 6.07) is 7.05. The largest absolute Gasteiger partial charge is 0.495 e. The van der Waals surface area contributed by atoms with Crippen molar-refractivity contribution in [3.05, 3.63) is 47.2 Å². The second-order valence-electron chi connectivity index (χ2n) is 4.35. The standard InChI is InChI=1S/C14H17N3O2/c1-8-6-10(14(16)17-7-8)13(18)9-4-3-5-11(19-2)12(9)15/h3-7,13,18H,15H2,1-2H3,(H2,16,17). The van der Waals surface area contributed by atoms with Crippen molar-refractivity contribution in [2.24, 2.45) is 0 Å². The maximum absolute atomic E-state index is 10.4. The molecule has 1 atom stereocenters. The zero-order valence-corrected chi connectivity index (χ0v) is 10.9. The van der Waals surface area contributed by atoms with Crippen molar-refractivity contribution in [3.63, 3.8) is 0 Å². The molecule has 0 spiro atoms. The Labute approximate surface area is 111 Å². The van der Waals surface area contributed by atoms with Crippen molar-refractivity contribution < 1.29 is 9.84 Å². The van der Waals surface area contributed by atoms with Crippen molar-refractivity contribution in [2.45, 2.75) is 13.0 Å². The van der Waals surface area contributed by atoms with Crippen LogP contribution in [0.5, 0.6) is 5.75 Å². The average Bonchev–Trinajstić information content (AvgIpc) is 2.41. The number of pyridine rings is 1. The Morgan fingerprint density at radius 2 is 2.00 bits per heavy atom. The molecular formula is C14H17N3O2. The predicted octanol–water partition coefficient (Wildman–Crippen LogP) is 1.64. The van der Waals surface area contributed by atoms with Gasteiger partial charge in [-0.25, -0.2) is 4.98 Å². The first kappa shape index (κ1) is 13.2. The maximum Gasteiger partial charge on any atom is 0.142 e. The number of hydrogen-bond donors (Lipinski definition) is 3. The van der Waals surface area contributed by atoms with Crippen LogP contribution in [0.1, 0.15) is 22.8 Å². The van der Waals surface area contributed by atoms with Crippen LogP contribution in [0.2, 0.25) is 0 Å². The van der Waals surface area contributed by atoms with Gasteiger partial charge in [0.15, 0.2) is 0 Å². The first-order chi connectivity index (χ1) is 9.04. The molecule has 5 nitrogen and oxygen atoms in total. The lowest BCUT2D eigenvalue weighted by Crippen LogP contribution is -2.09. The Kier molecular flexibility index (Phi) is 3.57. The van der Waals surface area contributed by atoms with Crippen LogP contribution < -0.4 is 16.2 Å². The number of anilines is 2. The van der Waals surface area contributed by atoms with Gasteiger partial charge in [-0.1, -0.05) is 12.1 Å². The van der Waals surface area contributed by atoms with E-state index < -0.39 is 6.10 Å². The minimum atomic E-state index is -0.928. The third kappa shape index (κ3) is 2.46. The number of nitrogens with zero attached hydrogens (tertiary/aromatic N) is 1. The number of aryl methyl sites for hydroxylation is 1. The maximum atomic E-state index is 10.4. The van der Waals surface area contributed by atoms with Crippen molar-refractivity contribution in [3.8, 4) is 5.75 Å². The summed E-state index contributed by atoms with van der Waals surface area (Å²) in [6.07, 6.45) is 0.725. The van der Waals surface area contributed by atoms with Gasteiger partial charge in [-0.2, -0.15) is 0 Å². The highest BCUT2D eigenvalue weighted by atomic mass is 16.5. The molecule has 1 unspecified atom stereocenters. The molecule has 2 aromatic rings. The molecule has 5 N–H and O–H groups in total. The van der Waals surface area contributed by atoms with Gasteiger partial charge in [-0.3, -0.25) is 0 Å². The Morgan fingerprint density at radius 1 is 1.26 bits per heavy atom. The minimum Gasteiger partial charge on any atom is -0.495 e. The highest BCUT2D eigenvalue weighted by Gasteiger charge is 2.18. The number of nitrogens with two attached hydrogens (primary N) is 2. The van der Waals surface area contributed by atoms with Crippen LogP contribution in [0.4, 0.5) is 11.5 Å². The lowest BCUT2D eigenvalue weighted by Gasteiger charge is -2.17. The van der Waals surface area contributed by atoms with Gasteiger partial charge < -0.3 is 21.3 Å². The lowest BCUT2D eigenvalue weighted by molar-refractivity contribution is 0.221. The van der Waals surface area contributed by atoms with E-state index >= 15 is 0 Å². The molecule has 0 aliphatic heterocycles. The molecule has 1 heterocycles. The molecule has 0 saturated carbocycles. The summed E-state index contributed by atoms with van der Waals surface area (Å²) in [5, 5.41) is 10.4. The topological polar surface area (TPSA) is 94.4 Å². The first-order valence-electron chi connectivity index (χ1n) is 5.87. The number of aliphatic hydroxyl groups excluding tert-OH is 1. The summed E-state index contributed by atoms with van der Waals surface area (Å²) in [6.45, 7) is 1.89. The van der Waals surface area contributed by atoms with E-state index in [9.17, 15) is 5.11 Å². The quantitative estimate of drug-likeness (QED) is 0.728. The number of hydrogen-bond acceptors (Lipinski definition) is 5. The first-order valence-corrected chi connectivity index (χ1v) is 5.87. The van der Waals surface area contributed by atoms with E-state index in [1.165, 1.54) is 7.11 Å². The third-order valence-electron chi connectivity index (χ3n) is 3.00. The molecule has 1 aromatic heterocycles. The Hall–Kier alpha value is -2.27. The van der Waals surface area contributed by atoms with Crippen LogP contribution in [0.3, 0.4) is 0 Å². The van der Waals surface area contributed by atoms with Crippen molar-refractivity contribution in [1.29, 1.82) is 0 Å². The number of nitrogen functional groups attached to an aromatic ring is 2. The number of rotatable bonds is 3. The van der Waals surface area contributed by atoms with E-state index in [0.29, 0.717) is 28.4 Å². The van der Waals surface area contributed by atoms with Crippen LogP contribution >= 0.6 is 0 Å². The number of methoxy groups -OCH3 is 1. The third-order valence-corrected chi connectivity index (χ3v) is 3.00. The molecule has 100 valence electrons. The van der Waals surface area contributed by atoms with Gasteiger partial charge in [-0.05, 0) is 24.6 Å². The molecule has 1 aromatic carbocycles. The van der Waals surface area contributed by atoms with E-state index in [0.717, 1.165) is 5.56 Å². The summed E-state index contributed by atoms with van der Waals surface area (Å²) in [7, 11) is 1.53. The van der Waals surface area contributed by atoms with Crippen LogP contribution in [0.15, 0.2) is 30.5 Å². The summed E-state index contributed by atoms with van der Waals surface area (Å²) in [5.41, 5.74) is 14.2. The number of para-hydroxylation sites is 1. The second kappa shape index (κ2) is 5.16. The van der Waals surface area contributed by atoms with Crippen molar-refractivity contribution in [2.75, 3.05) is 18.6 Å². The number of aromatic nitrogens is 1. The molecule has 19 heavy (non-hydrogen) atoms. The normalized spacial score (nSPS) is 12.2. The van der Waals surface area contributed by atoms with Gasteiger partial charge in [0.1, 0.15) is 17.7 Å². The Morgan fingerprint density at radius 3 is 2.68 bits per heavy atom. The number of aliphatic hydroxyl groups is 1. The number of benzene rings is 1. The Balaban J connectivity index is 2.50. The van der Waals surface area contributed by atoms with E-state index in [-0.39, 0.29) is 0 Å². The van der Waals surface area contributed by atoms with Gasteiger partial charge in [0, 0.05) is 17.3 Å². The molecule has 5 heteroatoms. The van der Waals surface area contributed by atoms with Gasteiger partial charge in [0.2, 0.25) is 0 Å². The predicted molar refractivity (Wildman–Crippen MR) is 74.9 cm³/mol. The molecule has 0 fully saturated rings. The average molecular weight is 259 g/mol. The highest BCUT2D eigenvalue weighted by Crippen LogP contribution is 2.34. The SMILES string of the molecule is COc1cccc(C(O)c2cc(C)cnc2N)c1N. The van der Waals surface area contributed by atoms with E-state index in [4.69, 9.17) is 16.2 Å². The summed E-state index contributed by atoms with van der Waals surface area (Å²) in [5.74, 6) is 0.816. The molecule has 0 radical (unpaired) electrons. The fourth-order valence-electron chi connectivity index (χ4n) is 1.97. The van der Waals surface area contributed by atoms with Crippen LogP contribution in [0.25, 0.3) is 0 Å². The zero-order chi connectivity index (χ0) is 14.0. The summed E-state index contributed by atoms with van der Waals surface area (Å²) < 4.78 is 5.14. The fraction of sp³-hybridized carbons (Fsp3) is 0.214. The highest BCUT2D eigenvalue weighted by molar-refractivity contribution is 5.62. The van der Waals surface area contributed by atoms with Gasteiger partial charge in [0.25, 0.3) is 0 Å². The summed E-state index contributed by atoms with van der Waals surface area (Å²) >= 11 is 0. The molecule has 0 amide bonds. The second-order valence-corrected chi connectivity index (χ2v) is 4.35. The van der Waals surface area contributed by atoms with Gasteiger partial charge in [0.05, 0.1) is 12.8 Å². The molecule has 0 bridgehead atoms. The van der Waals surface area contributed by atoms with E-state index in [1.807, 2.05) is 6.92 Å². The fourth-order valence-corrected chi connectivity index (χ4v) is 1.97. The van der Waals surface area contributed by atoms with Crippen LogP contribution in [-0.2, 0) is 0 Å². The molecular weight excluding hydrogens is 242 g/mol. The van der Waals surface area contributed by atoms with Crippen LogP contribution in [-0.4, -0.2) is 17.2 Å². The zero-order valence-electron chi connectivity index (χ0n) is 10.9. The Bertz CT molecular complexity index is 599. The minimum absolute atomic E-state index is 0.292. The van der Waals surface area contributed by atoms with Crippen molar-refractivity contribution in [1.82, 2.24) is 4.98 Å².